The van der Waals surface area contributed by atoms with Crippen molar-refractivity contribution in [3.63, 3.8) is 0 Å². The van der Waals surface area contributed by atoms with Crippen molar-refractivity contribution in [3.8, 4) is 0 Å². The maximum atomic E-state index is 11.9. The predicted molar refractivity (Wildman–Crippen MR) is 88.2 cm³/mol. The van der Waals surface area contributed by atoms with Crippen LogP contribution in [0.3, 0.4) is 0 Å². The van der Waals surface area contributed by atoms with E-state index in [-0.39, 0.29) is 0 Å². The molecule has 3 amide bonds. The van der Waals surface area contributed by atoms with Gasteiger partial charge in [0.1, 0.15) is 18.6 Å². The molecule has 3 unspecified atom stereocenters. The smallest absolute Gasteiger partial charge is 0.322 e. The molecule has 0 fully saturated rings. The largest absolute Gasteiger partial charge is 0.480 e. The van der Waals surface area contributed by atoms with Gasteiger partial charge < -0.3 is 31.9 Å². The molecule has 138 valence electrons. The Morgan fingerprint density at radius 2 is 1.75 bits per heavy atom. The Bertz CT molecular complexity index is 462. The highest BCUT2D eigenvalue weighted by molar-refractivity contribution is 7.98. The number of nitrogens with two attached hydrogens (primary N) is 1. The van der Waals surface area contributed by atoms with Gasteiger partial charge >= 0.3 is 5.97 Å². The molecule has 0 rings (SSSR count). The van der Waals surface area contributed by atoms with Gasteiger partial charge in [0, 0.05) is 0 Å². The molecule has 11 heteroatoms. The van der Waals surface area contributed by atoms with E-state index >= 15 is 0 Å². The van der Waals surface area contributed by atoms with Crippen molar-refractivity contribution in [2.24, 2.45) is 5.73 Å². The third-order valence-corrected chi connectivity index (χ3v) is 3.60. The Morgan fingerprint density at radius 3 is 2.25 bits per heavy atom. The molecule has 7 N–H and O–H groups in total. The van der Waals surface area contributed by atoms with Gasteiger partial charge in [0.05, 0.1) is 12.6 Å². The standard InChI is InChI=1S/C13H24N4O6S/c1-7(16-12(22)8(14)3-4-24-2)11(21)17-9(6-18)13(23)15-5-10(19)20/h7-9,18H,3-6,14H2,1-2H3,(H,15,23)(H,16,22)(H,17,21)(H,19,20). The number of carbonyl (C=O) groups is 4. The fourth-order valence-electron chi connectivity index (χ4n) is 1.54. The highest BCUT2D eigenvalue weighted by Crippen LogP contribution is 1.99. The Kier molecular flexibility index (Phi) is 10.8. The predicted octanol–water partition coefficient (Wildman–Crippen LogP) is -2.75. The molecule has 3 atom stereocenters. The van der Waals surface area contributed by atoms with Gasteiger partial charge in [-0.1, -0.05) is 0 Å². The van der Waals surface area contributed by atoms with E-state index in [0.717, 1.165) is 0 Å². The molecule has 0 aromatic heterocycles. The minimum atomic E-state index is -1.32. The zero-order chi connectivity index (χ0) is 18.7. The third kappa shape index (κ3) is 8.70. The lowest BCUT2D eigenvalue weighted by Crippen LogP contribution is -2.56. The lowest BCUT2D eigenvalue weighted by atomic mass is 10.2. The molecule has 0 aliphatic carbocycles. The topological polar surface area (TPSA) is 171 Å². The van der Waals surface area contributed by atoms with E-state index in [1.807, 2.05) is 11.6 Å². The van der Waals surface area contributed by atoms with Crippen LogP contribution in [0.25, 0.3) is 0 Å². The molecule has 0 heterocycles. The number of hydrogen-bond acceptors (Lipinski definition) is 7. The minimum absolute atomic E-state index is 0.457. The molecule has 0 aliphatic heterocycles. The summed E-state index contributed by atoms with van der Waals surface area (Å²) in [5.41, 5.74) is 5.68. The van der Waals surface area contributed by atoms with Crippen molar-refractivity contribution in [2.45, 2.75) is 31.5 Å². The number of carboxylic acids is 1. The number of hydrogen-bond donors (Lipinski definition) is 6. The second-order valence-electron chi connectivity index (χ2n) is 4.97. The van der Waals surface area contributed by atoms with Gasteiger partial charge in [0.25, 0.3) is 0 Å². The van der Waals surface area contributed by atoms with Gasteiger partial charge in [-0.05, 0) is 25.4 Å². The van der Waals surface area contributed by atoms with Crippen LogP contribution >= 0.6 is 11.8 Å². The fourth-order valence-corrected chi connectivity index (χ4v) is 2.03. The molecule has 0 aromatic rings. The van der Waals surface area contributed by atoms with Crippen molar-refractivity contribution in [1.29, 1.82) is 0 Å². The van der Waals surface area contributed by atoms with E-state index < -0.39 is 55.0 Å². The molecule has 0 aliphatic rings. The van der Waals surface area contributed by atoms with Gasteiger partial charge in [-0.3, -0.25) is 19.2 Å². The van der Waals surface area contributed by atoms with Crippen LogP contribution in [0.5, 0.6) is 0 Å². The Hall–Kier alpha value is -1.85. The quantitative estimate of drug-likeness (QED) is 0.229. The number of thioether (sulfide) groups is 1. The Labute approximate surface area is 143 Å². The Morgan fingerprint density at radius 1 is 1.12 bits per heavy atom. The number of rotatable bonds is 11. The molecule has 0 saturated heterocycles. The van der Waals surface area contributed by atoms with Gasteiger partial charge in [0.2, 0.25) is 17.7 Å². The van der Waals surface area contributed by atoms with E-state index in [9.17, 15) is 19.2 Å². The maximum absolute atomic E-state index is 11.9. The normalized spacial score (nSPS) is 14.2. The van der Waals surface area contributed by atoms with Crippen molar-refractivity contribution < 1.29 is 29.4 Å². The van der Waals surface area contributed by atoms with Crippen LogP contribution in [0, 0.1) is 0 Å². The second kappa shape index (κ2) is 11.6. The van der Waals surface area contributed by atoms with E-state index in [1.165, 1.54) is 6.92 Å². The van der Waals surface area contributed by atoms with Crippen LogP contribution in [0.2, 0.25) is 0 Å². The summed E-state index contributed by atoms with van der Waals surface area (Å²) in [6.45, 7) is 0.0466. The number of aliphatic carboxylic acids is 1. The summed E-state index contributed by atoms with van der Waals surface area (Å²) in [5.74, 6) is -2.60. The first-order valence-corrected chi connectivity index (χ1v) is 8.57. The van der Waals surface area contributed by atoms with Gasteiger partial charge in [-0.15, -0.1) is 0 Å². The van der Waals surface area contributed by atoms with Crippen molar-refractivity contribution in [3.05, 3.63) is 0 Å². The monoisotopic (exact) mass is 364 g/mol. The molecule has 0 bridgehead atoms. The van der Waals surface area contributed by atoms with Gasteiger partial charge in [0.15, 0.2) is 0 Å². The lowest BCUT2D eigenvalue weighted by Gasteiger charge is -2.20. The first-order chi connectivity index (χ1) is 11.2. The van der Waals surface area contributed by atoms with Crippen molar-refractivity contribution >= 4 is 35.5 Å². The molecule has 10 nitrogen and oxygen atoms in total. The zero-order valence-electron chi connectivity index (χ0n) is 13.6. The molecule has 24 heavy (non-hydrogen) atoms. The highest BCUT2D eigenvalue weighted by atomic mass is 32.2. The zero-order valence-corrected chi connectivity index (χ0v) is 14.4. The van der Waals surface area contributed by atoms with E-state index in [1.54, 1.807) is 11.8 Å². The molecular weight excluding hydrogens is 340 g/mol. The third-order valence-electron chi connectivity index (χ3n) is 2.95. The number of aliphatic hydroxyl groups excluding tert-OH is 1. The summed E-state index contributed by atoms with van der Waals surface area (Å²) in [6.07, 6.45) is 2.34. The maximum Gasteiger partial charge on any atom is 0.322 e. The number of carbonyl (C=O) groups excluding carboxylic acids is 3. The van der Waals surface area contributed by atoms with Gasteiger partial charge in [-0.2, -0.15) is 11.8 Å². The number of carboxylic acid groups (broad SMARTS) is 1. The highest BCUT2D eigenvalue weighted by Gasteiger charge is 2.25. The lowest BCUT2D eigenvalue weighted by molar-refractivity contribution is -0.138. The average molecular weight is 364 g/mol. The first-order valence-electron chi connectivity index (χ1n) is 7.18. The number of nitrogens with one attached hydrogen (secondary N) is 3. The molecule has 0 aromatic carbocycles. The summed E-state index contributed by atoms with van der Waals surface area (Å²) in [4.78, 5) is 45.8. The van der Waals surface area contributed by atoms with Crippen molar-refractivity contribution in [1.82, 2.24) is 16.0 Å². The van der Waals surface area contributed by atoms with Gasteiger partial charge in [-0.25, -0.2) is 0 Å². The summed E-state index contributed by atoms with van der Waals surface area (Å²) in [7, 11) is 0. The van der Waals surface area contributed by atoms with Crippen LogP contribution in [-0.2, 0) is 19.2 Å². The minimum Gasteiger partial charge on any atom is -0.480 e. The Balaban J connectivity index is 4.47. The summed E-state index contributed by atoms with van der Waals surface area (Å²) in [6, 6.07) is -3.04. The summed E-state index contributed by atoms with van der Waals surface area (Å²) < 4.78 is 0. The van der Waals surface area contributed by atoms with Crippen molar-refractivity contribution in [2.75, 3.05) is 25.2 Å². The molecular formula is C13H24N4O6S. The van der Waals surface area contributed by atoms with Crippen LogP contribution in [-0.4, -0.2) is 77.2 Å². The summed E-state index contributed by atoms with van der Waals surface area (Å²) in [5, 5.41) is 24.3. The van der Waals surface area contributed by atoms with Crippen LogP contribution < -0.4 is 21.7 Å². The summed E-state index contributed by atoms with van der Waals surface area (Å²) >= 11 is 1.54. The second-order valence-corrected chi connectivity index (χ2v) is 5.96. The molecule has 0 radical (unpaired) electrons. The first kappa shape index (κ1) is 22.1. The van der Waals surface area contributed by atoms with Crippen LogP contribution in [0.4, 0.5) is 0 Å². The van der Waals surface area contributed by atoms with Crippen LogP contribution in [0.1, 0.15) is 13.3 Å². The number of amides is 3. The van der Waals surface area contributed by atoms with E-state index in [2.05, 4.69) is 10.6 Å². The van der Waals surface area contributed by atoms with E-state index in [4.69, 9.17) is 15.9 Å². The molecule has 0 spiro atoms. The number of aliphatic hydroxyl groups is 1. The van der Waals surface area contributed by atoms with Crippen LogP contribution in [0.15, 0.2) is 0 Å². The molecule has 0 saturated carbocycles. The average Bonchev–Trinajstić information content (AvgIpc) is 2.54. The van der Waals surface area contributed by atoms with E-state index in [0.29, 0.717) is 12.2 Å². The fraction of sp³-hybridized carbons (Fsp3) is 0.692. The SMILES string of the molecule is CSCCC(N)C(=O)NC(C)C(=O)NC(CO)C(=O)NCC(=O)O.